The smallest absolute Gasteiger partial charge is 0.352 e. The van der Waals surface area contributed by atoms with E-state index in [2.05, 4.69) is 15.3 Å². The third-order valence-corrected chi connectivity index (χ3v) is 4.49. The number of carbonyl (C=O) groups is 1. The topological polar surface area (TPSA) is 57.8 Å². The first-order chi connectivity index (χ1) is 12.0. The van der Waals surface area contributed by atoms with E-state index in [0.29, 0.717) is 6.42 Å². The number of alkyl halides is 3. The van der Waals surface area contributed by atoms with Crippen molar-refractivity contribution < 1.29 is 18.0 Å². The van der Waals surface area contributed by atoms with Crippen molar-refractivity contribution >= 4 is 17.2 Å². The van der Waals surface area contributed by atoms with Gasteiger partial charge in [0.05, 0.1) is 22.3 Å². The molecule has 0 aliphatic heterocycles. The van der Waals surface area contributed by atoms with Gasteiger partial charge in [-0.25, -0.2) is 4.98 Å². The number of amides is 1. The quantitative estimate of drug-likeness (QED) is 0.714. The van der Waals surface area contributed by atoms with Crippen LogP contribution in [0, 0.1) is 0 Å². The van der Waals surface area contributed by atoms with E-state index in [1.165, 1.54) is 18.2 Å². The van der Waals surface area contributed by atoms with Crippen LogP contribution in [0.3, 0.4) is 0 Å². The Morgan fingerprint density at radius 1 is 1.20 bits per heavy atom. The van der Waals surface area contributed by atoms with Crippen molar-refractivity contribution in [1.29, 1.82) is 0 Å². The molecule has 2 heterocycles. The number of H-pyrrole nitrogens is 1. The summed E-state index contributed by atoms with van der Waals surface area (Å²) in [5.41, 5.74) is 0.304. The van der Waals surface area contributed by atoms with Crippen LogP contribution in [0.1, 0.15) is 21.6 Å². The SMILES string of the molecule is O=C(NCCc1[nH]cnc1-c1cccs1)c1ccccc1C(F)(F)F. The van der Waals surface area contributed by atoms with Crippen molar-refractivity contribution in [1.82, 2.24) is 15.3 Å². The number of hydrogen-bond donors (Lipinski definition) is 2. The molecule has 0 bridgehead atoms. The molecule has 0 fully saturated rings. The van der Waals surface area contributed by atoms with Gasteiger partial charge in [0.25, 0.3) is 5.91 Å². The number of nitrogens with one attached hydrogen (secondary N) is 2. The fraction of sp³-hybridized carbons (Fsp3) is 0.176. The zero-order valence-corrected chi connectivity index (χ0v) is 13.7. The van der Waals surface area contributed by atoms with Crippen LogP contribution in [-0.2, 0) is 12.6 Å². The van der Waals surface area contributed by atoms with Gasteiger partial charge in [-0.05, 0) is 23.6 Å². The molecule has 1 aromatic carbocycles. The summed E-state index contributed by atoms with van der Waals surface area (Å²) in [5, 5.41) is 4.47. The Morgan fingerprint density at radius 2 is 2.00 bits per heavy atom. The minimum Gasteiger partial charge on any atom is -0.352 e. The molecule has 0 atom stereocenters. The third kappa shape index (κ3) is 3.90. The van der Waals surface area contributed by atoms with Crippen molar-refractivity contribution in [3.8, 4) is 10.6 Å². The van der Waals surface area contributed by atoms with Crippen LogP contribution < -0.4 is 5.32 Å². The molecular weight excluding hydrogens is 351 g/mol. The second-order valence-corrected chi connectivity index (χ2v) is 6.20. The van der Waals surface area contributed by atoms with Gasteiger partial charge in [0.2, 0.25) is 0 Å². The molecular formula is C17H14F3N3OS. The predicted molar refractivity (Wildman–Crippen MR) is 89.4 cm³/mol. The lowest BCUT2D eigenvalue weighted by molar-refractivity contribution is -0.137. The number of aromatic amines is 1. The minimum absolute atomic E-state index is 0.200. The van der Waals surface area contributed by atoms with E-state index in [-0.39, 0.29) is 12.1 Å². The summed E-state index contributed by atoms with van der Waals surface area (Å²) in [6, 6.07) is 8.59. The summed E-state index contributed by atoms with van der Waals surface area (Å²) in [6.07, 6.45) is -2.57. The fourth-order valence-electron chi connectivity index (χ4n) is 2.46. The van der Waals surface area contributed by atoms with E-state index >= 15 is 0 Å². The summed E-state index contributed by atoms with van der Waals surface area (Å²) in [7, 11) is 0. The van der Waals surface area contributed by atoms with E-state index in [4.69, 9.17) is 0 Å². The van der Waals surface area contributed by atoms with Gasteiger partial charge in [0.1, 0.15) is 5.69 Å². The standard InChI is InChI=1S/C17H14F3N3OS/c18-17(19,20)12-5-2-1-4-11(12)16(24)21-8-7-13-15(23-10-22-13)14-6-3-9-25-14/h1-6,9-10H,7-8H2,(H,21,24)(H,22,23). The molecule has 0 radical (unpaired) electrons. The molecule has 0 saturated heterocycles. The lowest BCUT2D eigenvalue weighted by Gasteiger charge is -2.12. The number of rotatable bonds is 5. The van der Waals surface area contributed by atoms with Crippen LogP contribution in [0.4, 0.5) is 13.2 Å². The van der Waals surface area contributed by atoms with Crippen molar-refractivity contribution in [2.24, 2.45) is 0 Å². The number of aromatic nitrogens is 2. The lowest BCUT2D eigenvalue weighted by atomic mass is 10.1. The van der Waals surface area contributed by atoms with Crippen LogP contribution >= 0.6 is 11.3 Å². The van der Waals surface area contributed by atoms with Crippen LogP contribution in [0.5, 0.6) is 0 Å². The first-order valence-electron chi connectivity index (χ1n) is 7.47. The van der Waals surface area contributed by atoms with E-state index in [9.17, 15) is 18.0 Å². The molecule has 0 saturated carbocycles. The zero-order valence-electron chi connectivity index (χ0n) is 12.9. The van der Waals surface area contributed by atoms with Crippen LogP contribution in [-0.4, -0.2) is 22.4 Å². The molecule has 0 unspecified atom stereocenters. The Morgan fingerprint density at radius 3 is 2.72 bits per heavy atom. The lowest BCUT2D eigenvalue weighted by Crippen LogP contribution is -2.28. The zero-order chi connectivity index (χ0) is 17.9. The van der Waals surface area contributed by atoms with Gasteiger partial charge < -0.3 is 10.3 Å². The highest BCUT2D eigenvalue weighted by Crippen LogP contribution is 2.31. The predicted octanol–water partition coefficient (Wildman–Crippen LogP) is 4.13. The van der Waals surface area contributed by atoms with Crippen LogP contribution in [0.25, 0.3) is 10.6 Å². The average Bonchev–Trinajstić information content (AvgIpc) is 3.25. The summed E-state index contributed by atoms with van der Waals surface area (Å²) in [5.74, 6) is -0.745. The van der Waals surface area contributed by atoms with E-state index in [0.717, 1.165) is 22.3 Å². The van der Waals surface area contributed by atoms with Crippen LogP contribution in [0.15, 0.2) is 48.1 Å². The highest BCUT2D eigenvalue weighted by atomic mass is 32.1. The second kappa shape index (κ2) is 7.10. The fourth-order valence-corrected chi connectivity index (χ4v) is 3.21. The Bertz CT molecular complexity index is 856. The molecule has 0 aliphatic rings. The normalized spacial score (nSPS) is 11.5. The van der Waals surface area contributed by atoms with Gasteiger partial charge in [-0.3, -0.25) is 4.79 Å². The monoisotopic (exact) mass is 365 g/mol. The molecule has 0 aliphatic carbocycles. The Balaban J connectivity index is 1.66. The number of benzene rings is 1. The summed E-state index contributed by atoms with van der Waals surface area (Å²) in [6.45, 7) is 0.200. The van der Waals surface area contributed by atoms with Gasteiger partial charge in [-0.2, -0.15) is 13.2 Å². The van der Waals surface area contributed by atoms with Gasteiger partial charge in [-0.15, -0.1) is 11.3 Å². The Hall–Kier alpha value is -2.61. The highest BCUT2D eigenvalue weighted by Gasteiger charge is 2.34. The molecule has 8 heteroatoms. The van der Waals surface area contributed by atoms with E-state index in [1.807, 2.05) is 17.5 Å². The van der Waals surface area contributed by atoms with Gasteiger partial charge in [0.15, 0.2) is 0 Å². The molecule has 130 valence electrons. The van der Waals surface area contributed by atoms with Crippen molar-refractivity contribution in [2.45, 2.75) is 12.6 Å². The molecule has 3 rings (SSSR count). The second-order valence-electron chi connectivity index (χ2n) is 5.26. The Labute approximate surface area is 145 Å². The average molecular weight is 365 g/mol. The molecule has 2 aromatic heterocycles. The van der Waals surface area contributed by atoms with E-state index in [1.54, 1.807) is 17.7 Å². The molecule has 4 nitrogen and oxygen atoms in total. The van der Waals surface area contributed by atoms with Crippen molar-refractivity contribution in [2.75, 3.05) is 6.54 Å². The van der Waals surface area contributed by atoms with Crippen LogP contribution in [0.2, 0.25) is 0 Å². The highest BCUT2D eigenvalue weighted by molar-refractivity contribution is 7.13. The van der Waals surface area contributed by atoms with Gasteiger partial charge >= 0.3 is 6.18 Å². The van der Waals surface area contributed by atoms with Gasteiger partial charge in [-0.1, -0.05) is 18.2 Å². The van der Waals surface area contributed by atoms with E-state index < -0.39 is 17.6 Å². The first-order valence-corrected chi connectivity index (χ1v) is 8.35. The molecule has 25 heavy (non-hydrogen) atoms. The largest absolute Gasteiger partial charge is 0.417 e. The maximum absolute atomic E-state index is 13.0. The number of hydrogen-bond acceptors (Lipinski definition) is 3. The maximum Gasteiger partial charge on any atom is 0.417 e. The molecule has 1 amide bonds. The maximum atomic E-state index is 13.0. The van der Waals surface area contributed by atoms with Crippen molar-refractivity contribution in [3.05, 3.63) is 64.9 Å². The Kier molecular flexibility index (Phi) is 4.89. The number of nitrogens with zero attached hydrogens (tertiary/aromatic N) is 1. The number of halogens is 3. The van der Waals surface area contributed by atoms with Crippen molar-refractivity contribution in [3.63, 3.8) is 0 Å². The molecule has 3 aromatic rings. The molecule has 0 spiro atoms. The summed E-state index contributed by atoms with van der Waals surface area (Å²) < 4.78 is 38.9. The number of carbonyl (C=O) groups excluding carboxylic acids is 1. The number of imidazole rings is 1. The number of thiophene rings is 1. The third-order valence-electron chi connectivity index (χ3n) is 3.61. The minimum atomic E-state index is -4.57. The molecule has 2 N–H and O–H groups in total. The summed E-state index contributed by atoms with van der Waals surface area (Å²) >= 11 is 1.54. The first kappa shape index (κ1) is 17.2. The van der Waals surface area contributed by atoms with Gasteiger partial charge in [0, 0.05) is 18.7 Å². The summed E-state index contributed by atoms with van der Waals surface area (Å²) in [4.78, 5) is 20.4.